The summed E-state index contributed by atoms with van der Waals surface area (Å²) in [5.41, 5.74) is 1.07. The van der Waals surface area contributed by atoms with E-state index in [1.165, 1.54) is 18.2 Å². The first-order chi connectivity index (χ1) is 8.47. The van der Waals surface area contributed by atoms with Gasteiger partial charge < -0.3 is 9.64 Å². The molecule has 3 nitrogen and oxygen atoms in total. The Labute approximate surface area is 106 Å². The van der Waals surface area contributed by atoms with E-state index in [1.807, 2.05) is 21.0 Å². The van der Waals surface area contributed by atoms with Crippen molar-refractivity contribution in [2.24, 2.45) is 0 Å². The molecule has 1 aliphatic heterocycles. The molecule has 0 radical (unpaired) electrons. The van der Waals surface area contributed by atoms with Crippen LogP contribution in [0.15, 0.2) is 24.4 Å². The van der Waals surface area contributed by atoms with E-state index in [2.05, 4.69) is 0 Å². The number of rotatable bonds is 3. The molecule has 1 atom stereocenters. The Balaban J connectivity index is 2.37. The molecule has 18 heavy (non-hydrogen) atoms. The lowest BCUT2D eigenvalue weighted by Crippen LogP contribution is -2.07. The van der Waals surface area contributed by atoms with E-state index in [9.17, 15) is 9.18 Å². The Hall–Kier alpha value is -1.84. The Kier molecular flexibility index (Phi) is 3.36. The van der Waals surface area contributed by atoms with Crippen LogP contribution in [0.3, 0.4) is 0 Å². The molecule has 1 aliphatic rings. The summed E-state index contributed by atoms with van der Waals surface area (Å²) in [6.45, 7) is 1.90. The number of ether oxygens (including phenoxy) is 1. The fourth-order valence-electron chi connectivity index (χ4n) is 1.98. The number of carbonyl (C=O) groups excluding carboxylic acids is 1. The second kappa shape index (κ2) is 4.80. The standard InChI is InChI=1S/C14H16FNO2/c1-9-6-10-7-11(15)8-12(14(10)18-9)13(17)4-5-16(2)3/h4-5,7-9H,6H2,1-3H3/b5-4+/t9-/m1/s1. The smallest absolute Gasteiger partial charge is 0.191 e. The number of benzene rings is 1. The van der Waals surface area contributed by atoms with E-state index in [4.69, 9.17) is 4.74 Å². The van der Waals surface area contributed by atoms with Gasteiger partial charge in [0.2, 0.25) is 0 Å². The molecule has 1 aromatic rings. The van der Waals surface area contributed by atoms with Crippen LogP contribution in [-0.2, 0) is 6.42 Å². The summed E-state index contributed by atoms with van der Waals surface area (Å²) in [5, 5.41) is 0. The Morgan fingerprint density at radius 3 is 2.89 bits per heavy atom. The van der Waals surface area contributed by atoms with Gasteiger partial charge in [-0.1, -0.05) is 0 Å². The van der Waals surface area contributed by atoms with Crippen LogP contribution in [0.2, 0.25) is 0 Å². The monoisotopic (exact) mass is 249 g/mol. The van der Waals surface area contributed by atoms with E-state index in [1.54, 1.807) is 11.1 Å². The first kappa shape index (κ1) is 12.6. The van der Waals surface area contributed by atoms with Crippen LogP contribution < -0.4 is 4.74 Å². The zero-order chi connectivity index (χ0) is 13.3. The first-order valence-electron chi connectivity index (χ1n) is 5.85. The summed E-state index contributed by atoms with van der Waals surface area (Å²) in [7, 11) is 3.64. The normalized spacial score (nSPS) is 17.7. The molecule has 0 saturated carbocycles. The fourth-order valence-corrected chi connectivity index (χ4v) is 1.98. The molecule has 0 amide bonds. The van der Waals surface area contributed by atoms with Gasteiger partial charge in [-0.3, -0.25) is 4.79 Å². The van der Waals surface area contributed by atoms with Gasteiger partial charge in [-0.2, -0.15) is 0 Å². The Morgan fingerprint density at radius 2 is 2.22 bits per heavy atom. The molecular weight excluding hydrogens is 233 g/mol. The first-order valence-corrected chi connectivity index (χ1v) is 5.85. The molecule has 96 valence electrons. The summed E-state index contributed by atoms with van der Waals surface area (Å²) in [4.78, 5) is 13.8. The highest BCUT2D eigenvalue weighted by molar-refractivity contribution is 6.06. The van der Waals surface area contributed by atoms with Crippen LogP contribution in [0.5, 0.6) is 5.75 Å². The molecule has 0 unspecified atom stereocenters. The van der Waals surface area contributed by atoms with Crippen molar-refractivity contribution in [3.05, 3.63) is 41.4 Å². The van der Waals surface area contributed by atoms with Crippen molar-refractivity contribution in [1.82, 2.24) is 4.90 Å². The highest BCUT2D eigenvalue weighted by atomic mass is 19.1. The maximum Gasteiger partial charge on any atom is 0.191 e. The number of hydrogen-bond acceptors (Lipinski definition) is 3. The minimum absolute atomic E-state index is 0.00817. The fraction of sp³-hybridized carbons (Fsp3) is 0.357. The van der Waals surface area contributed by atoms with E-state index >= 15 is 0 Å². The van der Waals surface area contributed by atoms with Crippen molar-refractivity contribution < 1.29 is 13.9 Å². The van der Waals surface area contributed by atoms with Crippen LogP contribution >= 0.6 is 0 Å². The lowest BCUT2D eigenvalue weighted by Gasteiger charge is -2.08. The van der Waals surface area contributed by atoms with Crippen LogP contribution in [0.4, 0.5) is 4.39 Å². The van der Waals surface area contributed by atoms with Crippen molar-refractivity contribution >= 4 is 5.78 Å². The van der Waals surface area contributed by atoms with Crippen molar-refractivity contribution in [1.29, 1.82) is 0 Å². The van der Waals surface area contributed by atoms with Crippen molar-refractivity contribution in [3.63, 3.8) is 0 Å². The molecule has 0 saturated heterocycles. The third-order valence-electron chi connectivity index (χ3n) is 2.75. The molecule has 4 heteroatoms. The second-order valence-electron chi connectivity index (χ2n) is 4.72. The zero-order valence-corrected chi connectivity index (χ0v) is 10.7. The van der Waals surface area contributed by atoms with E-state index in [0.29, 0.717) is 17.7 Å². The lowest BCUT2D eigenvalue weighted by atomic mass is 10.0. The largest absolute Gasteiger partial charge is 0.489 e. The summed E-state index contributed by atoms with van der Waals surface area (Å²) in [6.07, 6.45) is 3.69. The van der Waals surface area contributed by atoms with Gasteiger partial charge in [0, 0.05) is 38.4 Å². The number of carbonyl (C=O) groups is 1. The summed E-state index contributed by atoms with van der Waals surface area (Å²) >= 11 is 0. The summed E-state index contributed by atoms with van der Waals surface area (Å²) in [5.74, 6) is -0.112. The maximum absolute atomic E-state index is 13.5. The van der Waals surface area contributed by atoms with Gasteiger partial charge in [0.1, 0.15) is 17.7 Å². The number of nitrogens with zero attached hydrogens (tertiary/aromatic N) is 1. The van der Waals surface area contributed by atoms with Gasteiger partial charge in [-0.25, -0.2) is 4.39 Å². The van der Waals surface area contributed by atoms with Crippen LogP contribution in [0.25, 0.3) is 0 Å². The average molecular weight is 249 g/mol. The molecule has 0 aromatic heterocycles. The van der Waals surface area contributed by atoms with E-state index in [-0.39, 0.29) is 11.9 Å². The van der Waals surface area contributed by atoms with E-state index in [0.717, 1.165) is 5.56 Å². The quantitative estimate of drug-likeness (QED) is 0.608. The summed E-state index contributed by atoms with van der Waals surface area (Å²) < 4.78 is 19.1. The molecule has 0 N–H and O–H groups in total. The maximum atomic E-state index is 13.5. The van der Waals surface area contributed by atoms with Gasteiger partial charge in [0.15, 0.2) is 5.78 Å². The predicted molar refractivity (Wildman–Crippen MR) is 67.4 cm³/mol. The van der Waals surface area contributed by atoms with Crippen molar-refractivity contribution in [3.8, 4) is 5.75 Å². The number of ketones is 1. The third-order valence-corrected chi connectivity index (χ3v) is 2.75. The molecule has 0 bridgehead atoms. The van der Waals surface area contributed by atoms with E-state index < -0.39 is 5.82 Å². The Bertz CT molecular complexity index is 509. The lowest BCUT2D eigenvalue weighted by molar-refractivity contribution is 0.104. The van der Waals surface area contributed by atoms with Gasteiger partial charge in [0.05, 0.1) is 5.56 Å². The second-order valence-corrected chi connectivity index (χ2v) is 4.72. The highest BCUT2D eigenvalue weighted by Gasteiger charge is 2.25. The SMILES string of the molecule is C[C@@H]1Cc2cc(F)cc(C(=O)/C=C/N(C)C)c2O1. The van der Waals surface area contributed by atoms with Crippen molar-refractivity contribution in [2.45, 2.75) is 19.4 Å². The number of halogens is 1. The summed E-state index contributed by atoms with van der Waals surface area (Å²) in [6, 6.07) is 2.67. The number of allylic oxidation sites excluding steroid dienone is 1. The third kappa shape index (κ3) is 2.53. The van der Waals surface area contributed by atoms with Crippen molar-refractivity contribution in [2.75, 3.05) is 14.1 Å². The van der Waals surface area contributed by atoms with Gasteiger partial charge in [0.25, 0.3) is 0 Å². The minimum Gasteiger partial charge on any atom is -0.489 e. The molecular formula is C14H16FNO2. The van der Waals surface area contributed by atoms with Gasteiger partial charge in [-0.05, 0) is 19.1 Å². The number of hydrogen-bond donors (Lipinski definition) is 0. The molecule has 0 fully saturated rings. The van der Waals surface area contributed by atoms with Gasteiger partial charge >= 0.3 is 0 Å². The topological polar surface area (TPSA) is 29.5 Å². The van der Waals surface area contributed by atoms with Crippen LogP contribution in [0, 0.1) is 5.82 Å². The van der Waals surface area contributed by atoms with Crippen LogP contribution in [-0.4, -0.2) is 30.9 Å². The number of fused-ring (bicyclic) bond motifs is 1. The van der Waals surface area contributed by atoms with Gasteiger partial charge in [-0.15, -0.1) is 0 Å². The molecule has 1 aromatic carbocycles. The minimum atomic E-state index is -0.395. The molecule has 0 spiro atoms. The predicted octanol–water partition coefficient (Wildman–Crippen LogP) is 2.41. The zero-order valence-electron chi connectivity index (χ0n) is 10.7. The molecule has 0 aliphatic carbocycles. The average Bonchev–Trinajstić information content (AvgIpc) is 2.64. The highest BCUT2D eigenvalue weighted by Crippen LogP contribution is 2.33. The molecule has 1 heterocycles. The molecule has 2 rings (SSSR count). The Morgan fingerprint density at radius 1 is 1.50 bits per heavy atom. The van der Waals surface area contributed by atoms with Crippen LogP contribution in [0.1, 0.15) is 22.8 Å².